The molecule has 0 aliphatic heterocycles. The van der Waals surface area contributed by atoms with Crippen molar-refractivity contribution >= 4 is 34.7 Å². The molecule has 0 fully saturated rings. The highest BCUT2D eigenvalue weighted by Crippen LogP contribution is 2.60. The van der Waals surface area contributed by atoms with Crippen molar-refractivity contribution in [2.75, 3.05) is 4.90 Å². The largest absolute Gasteiger partial charge is 0.335 e. The molecule has 11 rings (SSSR count). The zero-order valence-electron chi connectivity index (χ0n) is 38.8. The van der Waals surface area contributed by atoms with Gasteiger partial charge in [0.1, 0.15) is 0 Å². The van der Waals surface area contributed by atoms with Gasteiger partial charge in [-0.1, -0.05) is 194 Å². The van der Waals surface area contributed by atoms with Gasteiger partial charge < -0.3 is 4.90 Å². The Balaban J connectivity index is 1.09. The molecule has 1 heteroatoms. The maximum Gasteiger partial charge on any atom is 0.0592 e. The molecule has 1 nitrogen and oxygen atoms in total. The maximum atomic E-state index is 10.1. The number of rotatable bonds is 10. The predicted octanol–water partition coefficient (Wildman–Crippen LogP) is 15.1. The molecule has 7 aromatic rings. The molecule has 4 aliphatic rings. The monoisotopic (exact) mass is 801 g/mol. The van der Waals surface area contributed by atoms with Gasteiger partial charge in [-0.2, -0.15) is 0 Å². The van der Waals surface area contributed by atoms with E-state index >= 15 is 0 Å². The second-order valence-electron chi connectivity index (χ2n) is 17.0. The summed E-state index contributed by atoms with van der Waals surface area (Å²) in [7, 11) is 0. The van der Waals surface area contributed by atoms with Crippen molar-refractivity contribution in [3.63, 3.8) is 0 Å². The minimum absolute atomic E-state index is 0.0370. The van der Waals surface area contributed by atoms with Crippen LogP contribution in [0.2, 0.25) is 0 Å². The topological polar surface area (TPSA) is 3.24 Å². The number of hydrogen-bond acceptors (Lipinski definition) is 1. The average Bonchev–Trinajstić information content (AvgIpc) is 3.68. The van der Waals surface area contributed by atoms with E-state index in [1.807, 2.05) is 6.08 Å². The van der Waals surface area contributed by atoms with Gasteiger partial charge in [0.25, 0.3) is 0 Å². The molecule has 4 atom stereocenters. The van der Waals surface area contributed by atoms with Crippen LogP contribution in [0.1, 0.15) is 80.7 Å². The smallest absolute Gasteiger partial charge is 0.0592 e. The molecule has 0 amide bonds. The molecule has 0 saturated carbocycles. The predicted molar refractivity (Wildman–Crippen MR) is 263 cm³/mol. The summed E-state index contributed by atoms with van der Waals surface area (Å²) in [6.07, 6.45) is 20.3. The zero-order chi connectivity index (χ0) is 44.8. The van der Waals surface area contributed by atoms with E-state index in [0.717, 1.165) is 65.9 Å². The molecule has 0 spiro atoms. The number of benzene rings is 7. The zero-order valence-corrected chi connectivity index (χ0v) is 34.8. The van der Waals surface area contributed by atoms with Gasteiger partial charge in [0.05, 0.1) is 15.6 Å². The first-order chi connectivity index (χ1) is 32.4. The molecule has 0 radical (unpaired) electrons. The number of allylic oxidation sites excluding steroid dienone is 5. The molecule has 62 heavy (non-hydrogen) atoms. The van der Waals surface area contributed by atoms with Crippen LogP contribution >= 0.6 is 0 Å². The highest BCUT2D eigenvalue weighted by atomic mass is 15.2. The quantitative estimate of drug-likeness (QED) is 0.125. The van der Waals surface area contributed by atoms with E-state index in [-0.39, 0.29) is 23.9 Å². The minimum Gasteiger partial charge on any atom is -0.335 e. The Morgan fingerprint density at radius 3 is 2.26 bits per heavy atom. The summed E-state index contributed by atoms with van der Waals surface area (Å²) in [4.78, 5) is 2.07. The molecular formula is C61H51N. The molecule has 300 valence electrons. The summed E-state index contributed by atoms with van der Waals surface area (Å²) in [5, 5.41) is 2.34. The van der Waals surface area contributed by atoms with E-state index in [4.69, 9.17) is 1.37 Å². The molecule has 0 aromatic heterocycles. The summed E-state index contributed by atoms with van der Waals surface area (Å²) in [5.74, 6) is -0.0265. The molecule has 0 N–H and O–H groups in total. The van der Waals surface area contributed by atoms with Crippen LogP contribution < -0.4 is 4.90 Å². The van der Waals surface area contributed by atoms with E-state index in [9.17, 15) is 4.11 Å². The summed E-state index contributed by atoms with van der Waals surface area (Å²) < 4.78 is 38.0. The Bertz CT molecular complexity index is 3110. The highest BCUT2D eigenvalue weighted by Gasteiger charge is 2.53. The normalized spacial score (nSPS) is 20.4. The van der Waals surface area contributed by atoms with Crippen molar-refractivity contribution in [1.29, 1.82) is 0 Å². The summed E-state index contributed by atoms with van der Waals surface area (Å²) in [6.45, 7) is 1.06. The lowest BCUT2D eigenvalue weighted by Gasteiger charge is -2.41. The summed E-state index contributed by atoms with van der Waals surface area (Å²) >= 11 is 0. The van der Waals surface area contributed by atoms with Crippen molar-refractivity contribution < 1.29 is 5.48 Å². The average molecular weight is 802 g/mol. The van der Waals surface area contributed by atoms with Crippen molar-refractivity contribution in [3.8, 4) is 11.1 Å². The Morgan fingerprint density at radius 1 is 0.742 bits per heavy atom. The van der Waals surface area contributed by atoms with Gasteiger partial charge in [0.15, 0.2) is 0 Å². The van der Waals surface area contributed by atoms with Crippen LogP contribution in [0.25, 0.3) is 40.1 Å². The van der Waals surface area contributed by atoms with E-state index in [1.165, 1.54) is 49.7 Å². The van der Waals surface area contributed by atoms with Crippen LogP contribution in [-0.4, -0.2) is 6.04 Å². The molecular weight excluding hydrogens is 747 g/mol. The molecule has 0 saturated heterocycles. The number of nitrogens with zero attached hydrogens (tertiary/aromatic N) is 1. The first-order valence-electron chi connectivity index (χ1n) is 24.3. The molecule has 0 bridgehead atoms. The van der Waals surface area contributed by atoms with Crippen molar-refractivity contribution in [3.05, 3.63) is 263 Å². The third-order valence-electron chi connectivity index (χ3n) is 13.7. The van der Waals surface area contributed by atoms with Crippen LogP contribution in [0.15, 0.2) is 212 Å². The van der Waals surface area contributed by atoms with Crippen LogP contribution in [0.3, 0.4) is 0 Å². The number of anilines is 1. The second kappa shape index (κ2) is 16.1. The van der Waals surface area contributed by atoms with Gasteiger partial charge in [0.2, 0.25) is 0 Å². The lowest BCUT2D eigenvalue weighted by molar-refractivity contribution is 0.452. The van der Waals surface area contributed by atoms with Crippen LogP contribution in [-0.2, 0) is 18.3 Å². The van der Waals surface area contributed by atoms with E-state index in [2.05, 4.69) is 205 Å². The highest BCUT2D eigenvalue weighted by molar-refractivity contribution is 5.96. The molecule has 0 heterocycles. The lowest BCUT2D eigenvalue weighted by atomic mass is 9.63. The first kappa shape index (κ1) is 33.7. The first-order valence-corrected chi connectivity index (χ1v) is 22.1. The Hall–Kier alpha value is -6.96. The van der Waals surface area contributed by atoms with Gasteiger partial charge in [-0.15, -0.1) is 6.55 Å². The third-order valence-corrected chi connectivity index (χ3v) is 13.7. The molecule has 4 aliphatic carbocycles. The van der Waals surface area contributed by atoms with E-state index in [1.54, 1.807) is 0 Å². The maximum absolute atomic E-state index is 10.1. The van der Waals surface area contributed by atoms with Crippen LogP contribution in [0.4, 0.5) is 5.69 Å². The fraction of sp³-hybridized carbons (Fsp3) is 0.148. The van der Waals surface area contributed by atoms with Gasteiger partial charge in [-0.3, -0.25) is 0 Å². The van der Waals surface area contributed by atoms with Gasteiger partial charge >= 0.3 is 0 Å². The third kappa shape index (κ3) is 6.38. The van der Waals surface area contributed by atoms with Gasteiger partial charge in [-0.25, -0.2) is 0 Å². The Kier molecular flexibility index (Phi) is 8.78. The number of fused-ring (bicyclic) bond motifs is 7. The van der Waals surface area contributed by atoms with E-state index < -0.39 is 17.9 Å². The van der Waals surface area contributed by atoms with Crippen molar-refractivity contribution in [2.45, 2.75) is 49.5 Å². The fourth-order valence-corrected chi connectivity index (χ4v) is 11.0. The second-order valence-corrected chi connectivity index (χ2v) is 17.0. The Labute approximate surface area is 372 Å². The van der Waals surface area contributed by atoms with Crippen LogP contribution in [0.5, 0.6) is 0 Å². The SMILES string of the molecule is [2H]C=C([2H])C(C([2H])/C([2H])=C/c1cc2c(c3c1C=CCC3)CCC=C2)N(C1=CC2C(C=C1)c1ccccc1C2(c1ccccc1)c1ccccc1)c1ccc(-c2cccc3ccccc23)cc1. The van der Waals surface area contributed by atoms with Crippen molar-refractivity contribution in [1.82, 2.24) is 0 Å². The summed E-state index contributed by atoms with van der Waals surface area (Å²) in [6, 6.07) is 55.0. The molecule has 7 aromatic carbocycles. The lowest BCUT2D eigenvalue weighted by Crippen LogP contribution is -2.38. The Morgan fingerprint density at radius 2 is 1.45 bits per heavy atom. The number of hydrogen-bond donors (Lipinski definition) is 0. The molecule has 4 unspecified atom stereocenters. The van der Waals surface area contributed by atoms with Crippen LogP contribution in [0, 0.1) is 5.92 Å². The summed E-state index contributed by atoms with van der Waals surface area (Å²) in [5.41, 5.74) is 14.2. The fourth-order valence-electron chi connectivity index (χ4n) is 11.0. The van der Waals surface area contributed by atoms with Gasteiger partial charge in [-0.05, 0) is 128 Å². The van der Waals surface area contributed by atoms with Crippen molar-refractivity contribution in [2.24, 2.45) is 5.92 Å². The minimum atomic E-state index is -1.22. The standard InChI is InChI=1S/C61H51N/c1-2-49(27-17-22-46-41-45-20-10-12-29-54(45)56-31-14-13-30-55(46)56)62(50-37-35-44(36-38-50)53-33-18-21-43-19-9-11-28-52(43)53)51-39-40-58-57-32-15-16-34-59(57)61(60(58)42-51,47-23-5-3-6-24-47)48-25-7-4-8-26-48/h2-11,13,15-26,28,30,32-42,49,58,60H,1,12,14,27,29,31H2/b22-17+/i1D,2D,17D,27D/b2-1?,22-17+. The van der Waals surface area contributed by atoms with E-state index in [0.29, 0.717) is 0 Å². The van der Waals surface area contributed by atoms with Gasteiger partial charge in [0, 0.05) is 24.6 Å².